The van der Waals surface area contributed by atoms with Crippen molar-refractivity contribution < 1.29 is 14.3 Å². The number of nitrogens with two attached hydrogens (primary N) is 1. The highest BCUT2D eigenvalue weighted by Gasteiger charge is 2.18. The van der Waals surface area contributed by atoms with Crippen LogP contribution in [-0.2, 0) is 4.74 Å². The van der Waals surface area contributed by atoms with Gasteiger partial charge in [-0.3, -0.25) is 5.32 Å². The zero-order chi connectivity index (χ0) is 10.7. The van der Waals surface area contributed by atoms with Crippen LogP contribution in [0.25, 0.3) is 0 Å². The molecule has 1 heterocycles. The fraction of sp³-hybridized carbons (Fsp3) is 0.167. The SMILES string of the molecule is COC(=O)c1sc(Br)nc1NC(N)=O. The number of nitrogens with zero attached hydrogens (tertiary/aromatic N) is 1. The van der Waals surface area contributed by atoms with E-state index < -0.39 is 12.0 Å². The van der Waals surface area contributed by atoms with Crippen molar-refractivity contribution >= 4 is 45.1 Å². The van der Waals surface area contributed by atoms with Gasteiger partial charge in [-0.15, -0.1) is 0 Å². The largest absolute Gasteiger partial charge is 0.465 e. The Morgan fingerprint density at radius 2 is 2.29 bits per heavy atom. The van der Waals surface area contributed by atoms with Crippen LogP contribution < -0.4 is 11.1 Å². The van der Waals surface area contributed by atoms with Gasteiger partial charge in [0.1, 0.15) is 0 Å². The van der Waals surface area contributed by atoms with Crippen molar-refractivity contribution in [3.63, 3.8) is 0 Å². The van der Waals surface area contributed by atoms with Crippen LogP contribution in [-0.4, -0.2) is 24.1 Å². The molecule has 0 aliphatic rings. The van der Waals surface area contributed by atoms with Gasteiger partial charge in [-0.2, -0.15) is 0 Å². The van der Waals surface area contributed by atoms with Crippen LogP contribution in [0.4, 0.5) is 10.6 Å². The number of methoxy groups -OCH3 is 1. The average Bonchev–Trinajstić information content (AvgIpc) is 2.44. The summed E-state index contributed by atoms with van der Waals surface area (Å²) in [5.74, 6) is -0.474. The molecule has 0 bridgehead atoms. The van der Waals surface area contributed by atoms with Crippen molar-refractivity contribution in [3.05, 3.63) is 8.79 Å². The molecule has 1 aromatic heterocycles. The van der Waals surface area contributed by atoms with E-state index in [-0.39, 0.29) is 10.7 Å². The Kier molecular flexibility index (Phi) is 3.42. The molecule has 1 aromatic rings. The van der Waals surface area contributed by atoms with Crippen LogP contribution in [0.1, 0.15) is 9.67 Å². The molecular weight excluding hydrogens is 274 g/mol. The number of rotatable bonds is 2. The van der Waals surface area contributed by atoms with Crippen molar-refractivity contribution in [2.75, 3.05) is 12.4 Å². The molecule has 0 aromatic carbocycles. The lowest BCUT2D eigenvalue weighted by atomic mass is 10.5. The Bertz CT molecular complexity index is 378. The lowest BCUT2D eigenvalue weighted by Gasteiger charge is -1.99. The number of esters is 1. The Labute approximate surface area is 91.6 Å². The van der Waals surface area contributed by atoms with E-state index in [1.54, 1.807) is 0 Å². The quantitative estimate of drug-likeness (QED) is 0.795. The summed E-state index contributed by atoms with van der Waals surface area (Å²) in [6.07, 6.45) is 0. The molecule has 0 radical (unpaired) electrons. The molecule has 0 atom stereocenters. The number of hydrogen-bond donors (Lipinski definition) is 2. The highest BCUT2D eigenvalue weighted by molar-refractivity contribution is 9.11. The van der Waals surface area contributed by atoms with E-state index in [1.807, 2.05) is 0 Å². The van der Waals surface area contributed by atoms with Crippen molar-refractivity contribution in [2.24, 2.45) is 5.73 Å². The molecule has 0 saturated carbocycles. The molecule has 1 rings (SSSR count). The number of primary amides is 1. The van der Waals surface area contributed by atoms with Gasteiger partial charge in [0.15, 0.2) is 14.6 Å². The molecule has 6 nitrogen and oxygen atoms in total. The summed E-state index contributed by atoms with van der Waals surface area (Å²) in [6, 6.07) is -0.784. The van der Waals surface area contributed by atoms with E-state index in [4.69, 9.17) is 5.73 Å². The summed E-state index contributed by atoms with van der Waals surface area (Å²) in [7, 11) is 1.24. The fourth-order valence-corrected chi connectivity index (χ4v) is 2.05. The lowest BCUT2D eigenvalue weighted by molar-refractivity contribution is 0.0607. The van der Waals surface area contributed by atoms with Gasteiger partial charge < -0.3 is 10.5 Å². The van der Waals surface area contributed by atoms with Crippen LogP contribution >= 0.6 is 27.3 Å². The maximum atomic E-state index is 11.2. The Hall–Kier alpha value is -1.15. The second-order valence-corrected chi connectivity index (χ2v) is 4.40. The molecule has 0 aliphatic carbocycles. The summed E-state index contributed by atoms with van der Waals surface area (Å²) >= 11 is 4.13. The van der Waals surface area contributed by atoms with Gasteiger partial charge in [-0.25, -0.2) is 14.6 Å². The van der Waals surface area contributed by atoms with Crippen LogP contribution in [0.5, 0.6) is 0 Å². The number of aromatic nitrogens is 1. The van der Waals surface area contributed by atoms with Crippen LogP contribution in [0.15, 0.2) is 3.92 Å². The van der Waals surface area contributed by atoms with Gasteiger partial charge in [0.05, 0.1) is 7.11 Å². The first-order valence-corrected chi connectivity index (χ1v) is 4.96. The average molecular weight is 280 g/mol. The topological polar surface area (TPSA) is 94.3 Å². The second-order valence-electron chi connectivity index (χ2n) is 2.13. The predicted octanol–water partition coefficient (Wildman–Crippen LogP) is 1.18. The number of carbonyl (C=O) groups excluding carboxylic acids is 2. The van der Waals surface area contributed by atoms with E-state index in [0.29, 0.717) is 3.92 Å². The number of halogens is 1. The minimum Gasteiger partial charge on any atom is -0.465 e. The molecule has 2 amide bonds. The molecule has 0 saturated heterocycles. The standard InChI is InChI=1S/C6H6BrN3O3S/c1-13-4(11)2-3(10-6(8)12)9-5(7)14-2/h1H3,(H3,8,10,12). The Balaban J connectivity index is 3.02. The van der Waals surface area contributed by atoms with Gasteiger partial charge >= 0.3 is 12.0 Å². The van der Waals surface area contributed by atoms with Gasteiger partial charge in [0.2, 0.25) is 0 Å². The minimum absolute atomic E-state index is 0.0984. The first kappa shape index (κ1) is 10.9. The van der Waals surface area contributed by atoms with E-state index in [9.17, 15) is 9.59 Å². The number of amides is 2. The number of carbonyl (C=O) groups is 2. The maximum absolute atomic E-state index is 11.2. The molecule has 0 aliphatic heterocycles. The van der Waals surface area contributed by atoms with E-state index >= 15 is 0 Å². The molecule has 14 heavy (non-hydrogen) atoms. The number of nitrogens with one attached hydrogen (secondary N) is 1. The van der Waals surface area contributed by atoms with E-state index in [1.165, 1.54) is 7.11 Å². The predicted molar refractivity (Wildman–Crippen MR) is 54.4 cm³/mol. The number of ether oxygens (including phenoxy) is 1. The number of anilines is 1. The number of hydrogen-bond acceptors (Lipinski definition) is 5. The third-order valence-corrected chi connectivity index (χ3v) is 2.70. The summed E-state index contributed by atoms with van der Waals surface area (Å²) < 4.78 is 4.95. The Morgan fingerprint density at radius 3 is 2.79 bits per heavy atom. The van der Waals surface area contributed by atoms with Crippen molar-refractivity contribution in [1.82, 2.24) is 4.98 Å². The van der Waals surface area contributed by atoms with Crippen molar-refractivity contribution in [1.29, 1.82) is 0 Å². The van der Waals surface area contributed by atoms with Gasteiger partial charge in [-0.05, 0) is 15.9 Å². The van der Waals surface area contributed by atoms with Crippen molar-refractivity contribution in [2.45, 2.75) is 0 Å². The van der Waals surface area contributed by atoms with E-state index in [2.05, 4.69) is 31.0 Å². The zero-order valence-corrected chi connectivity index (χ0v) is 9.44. The normalized spacial score (nSPS) is 9.57. The summed E-state index contributed by atoms with van der Waals surface area (Å²) in [6.45, 7) is 0. The minimum atomic E-state index is -0.784. The van der Waals surface area contributed by atoms with Crippen LogP contribution in [0.2, 0.25) is 0 Å². The first-order valence-electron chi connectivity index (χ1n) is 3.35. The molecule has 0 unspecified atom stereocenters. The van der Waals surface area contributed by atoms with Gasteiger partial charge in [-0.1, -0.05) is 11.3 Å². The van der Waals surface area contributed by atoms with Crippen LogP contribution in [0, 0.1) is 0 Å². The fourth-order valence-electron chi connectivity index (χ4n) is 0.727. The number of urea groups is 1. The molecule has 8 heteroatoms. The van der Waals surface area contributed by atoms with Crippen molar-refractivity contribution in [3.8, 4) is 0 Å². The third kappa shape index (κ3) is 2.42. The summed E-state index contributed by atoms with van der Waals surface area (Å²) in [4.78, 5) is 25.7. The Morgan fingerprint density at radius 1 is 1.64 bits per heavy atom. The van der Waals surface area contributed by atoms with E-state index in [0.717, 1.165) is 11.3 Å². The zero-order valence-electron chi connectivity index (χ0n) is 7.04. The second kappa shape index (κ2) is 4.38. The highest BCUT2D eigenvalue weighted by atomic mass is 79.9. The van der Waals surface area contributed by atoms with Gasteiger partial charge in [0.25, 0.3) is 0 Å². The summed E-state index contributed by atoms with van der Waals surface area (Å²) in [5, 5.41) is 2.22. The first-order chi connectivity index (χ1) is 6.54. The number of thiazole rings is 1. The smallest absolute Gasteiger partial charge is 0.351 e. The highest BCUT2D eigenvalue weighted by Crippen LogP contribution is 2.27. The molecule has 76 valence electrons. The van der Waals surface area contributed by atoms with Gasteiger partial charge in [0, 0.05) is 0 Å². The molecule has 0 spiro atoms. The lowest BCUT2D eigenvalue weighted by Crippen LogP contribution is -2.21. The third-order valence-electron chi connectivity index (χ3n) is 1.21. The monoisotopic (exact) mass is 279 g/mol. The molecular formula is C6H6BrN3O3S. The molecule has 3 N–H and O–H groups in total. The van der Waals surface area contributed by atoms with Crippen LogP contribution in [0.3, 0.4) is 0 Å². The maximum Gasteiger partial charge on any atom is 0.351 e. The summed E-state index contributed by atoms with van der Waals surface area (Å²) in [5.41, 5.74) is 4.89. The molecule has 0 fully saturated rings.